The van der Waals surface area contributed by atoms with E-state index in [9.17, 15) is 4.39 Å². The summed E-state index contributed by atoms with van der Waals surface area (Å²) in [4.78, 5) is 0. The van der Waals surface area contributed by atoms with E-state index in [4.69, 9.17) is 5.73 Å². The minimum atomic E-state index is -0.162. The van der Waals surface area contributed by atoms with Crippen molar-refractivity contribution in [2.45, 2.75) is 32.7 Å². The number of rotatable bonds is 3. The molecular weight excluding hydrogens is 165 g/mol. The van der Waals surface area contributed by atoms with E-state index in [0.29, 0.717) is 0 Å². The second-order valence-corrected chi connectivity index (χ2v) is 3.59. The molecule has 0 aliphatic carbocycles. The lowest BCUT2D eigenvalue weighted by atomic mass is 10.0. The topological polar surface area (TPSA) is 26.0 Å². The zero-order valence-corrected chi connectivity index (χ0v) is 8.18. The number of aryl methyl sites for hydroxylation is 2. The molecule has 0 fully saturated rings. The van der Waals surface area contributed by atoms with Crippen molar-refractivity contribution in [1.29, 1.82) is 0 Å². The van der Waals surface area contributed by atoms with E-state index in [1.54, 1.807) is 6.07 Å². The van der Waals surface area contributed by atoms with Gasteiger partial charge < -0.3 is 5.73 Å². The van der Waals surface area contributed by atoms with Gasteiger partial charge in [-0.15, -0.1) is 0 Å². The van der Waals surface area contributed by atoms with E-state index in [1.165, 1.54) is 6.07 Å². The summed E-state index contributed by atoms with van der Waals surface area (Å²) in [6.45, 7) is 3.96. The lowest BCUT2D eigenvalue weighted by Crippen LogP contribution is -2.15. The molecule has 1 rings (SSSR count). The highest BCUT2D eigenvalue weighted by Gasteiger charge is 2.01. The van der Waals surface area contributed by atoms with Crippen molar-refractivity contribution in [3.8, 4) is 0 Å². The van der Waals surface area contributed by atoms with Crippen molar-refractivity contribution < 1.29 is 4.39 Å². The molecule has 1 aromatic carbocycles. The summed E-state index contributed by atoms with van der Waals surface area (Å²) in [7, 11) is 0. The fourth-order valence-corrected chi connectivity index (χ4v) is 1.29. The van der Waals surface area contributed by atoms with Gasteiger partial charge in [-0.05, 0) is 49.9 Å². The zero-order chi connectivity index (χ0) is 9.84. The molecule has 1 unspecified atom stereocenters. The Morgan fingerprint density at radius 1 is 1.46 bits per heavy atom. The molecule has 0 saturated heterocycles. The van der Waals surface area contributed by atoms with Gasteiger partial charge in [0.15, 0.2) is 0 Å². The van der Waals surface area contributed by atoms with Crippen LogP contribution in [0.15, 0.2) is 18.2 Å². The van der Waals surface area contributed by atoms with Gasteiger partial charge in [-0.1, -0.05) is 6.07 Å². The summed E-state index contributed by atoms with van der Waals surface area (Å²) in [6.07, 6.45) is 1.77. The van der Waals surface area contributed by atoms with Crippen LogP contribution < -0.4 is 5.73 Å². The molecule has 0 aliphatic heterocycles. The summed E-state index contributed by atoms with van der Waals surface area (Å²) in [5, 5.41) is 0. The Morgan fingerprint density at radius 2 is 2.15 bits per heavy atom. The molecule has 0 amide bonds. The minimum Gasteiger partial charge on any atom is -0.328 e. The maximum atomic E-state index is 12.8. The Morgan fingerprint density at radius 3 is 2.77 bits per heavy atom. The van der Waals surface area contributed by atoms with Crippen molar-refractivity contribution in [2.75, 3.05) is 0 Å². The van der Waals surface area contributed by atoms with Crippen LogP contribution in [0.5, 0.6) is 0 Å². The molecule has 2 N–H and O–H groups in total. The molecule has 72 valence electrons. The summed E-state index contributed by atoms with van der Waals surface area (Å²) in [5.74, 6) is -0.162. The molecule has 0 saturated carbocycles. The minimum absolute atomic E-state index is 0.162. The van der Waals surface area contributed by atoms with Crippen molar-refractivity contribution in [2.24, 2.45) is 5.73 Å². The monoisotopic (exact) mass is 181 g/mol. The SMILES string of the molecule is Cc1ccc(F)cc1CCC(C)N. The Bertz CT molecular complexity index is 281. The van der Waals surface area contributed by atoms with Crippen molar-refractivity contribution in [3.05, 3.63) is 35.1 Å². The molecule has 1 atom stereocenters. The maximum absolute atomic E-state index is 12.8. The predicted octanol–water partition coefficient (Wildman–Crippen LogP) is 2.41. The fourth-order valence-electron chi connectivity index (χ4n) is 1.29. The second-order valence-electron chi connectivity index (χ2n) is 3.59. The normalized spacial score (nSPS) is 12.9. The molecule has 1 aromatic rings. The van der Waals surface area contributed by atoms with Crippen LogP contribution in [0.1, 0.15) is 24.5 Å². The molecule has 0 heterocycles. The van der Waals surface area contributed by atoms with Crippen LogP contribution in [0.4, 0.5) is 4.39 Å². The molecule has 2 heteroatoms. The molecule has 1 nitrogen and oxygen atoms in total. The molecule has 0 radical (unpaired) electrons. The first-order valence-electron chi connectivity index (χ1n) is 4.60. The zero-order valence-electron chi connectivity index (χ0n) is 8.18. The first kappa shape index (κ1) is 10.2. The van der Waals surface area contributed by atoms with Gasteiger partial charge in [-0.2, -0.15) is 0 Å². The quantitative estimate of drug-likeness (QED) is 0.761. The highest BCUT2D eigenvalue weighted by molar-refractivity contribution is 5.26. The van der Waals surface area contributed by atoms with Crippen LogP contribution in [0.3, 0.4) is 0 Å². The number of nitrogens with two attached hydrogens (primary N) is 1. The first-order chi connectivity index (χ1) is 6.09. The van der Waals surface area contributed by atoms with Gasteiger partial charge in [0.2, 0.25) is 0 Å². The highest BCUT2D eigenvalue weighted by atomic mass is 19.1. The Kier molecular flexibility index (Phi) is 3.43. The maximum Gasteiger partial charge on any atom is 0.123 e. The van der Waals surface area contributed by atoms with E-state index < -0.39 is 0 Å². The van der Waals surface area contributed by atoms with E-state index in [0.717, 1.165) is 24.0 Å². The lowest BCUT2D eigenvalue weighted by molar-refractivity contribution is 0.618. The summed E-state index contributed by atoms with van der Waals surface area (Å²) in [5.41, 5.74) is 7.84. The number of halogens is 1. The van der Waals surface area contributed by atoms with Gasteiger partial charge in [0.1, 0.15) is 5.82 Å². The van der Waals surface area contributed by atoms with Crippen LogP contribution in [0.25, 0.3) is 0 Å². The predicted molar refractivity (Wildman–Crippen MR) is 53.1 cm³/mol. The van der Waals surface area contributed by atoms with Crippen molar-refractivity contribution in [1.82, 2.24) is 0 Å². The van der Waals surface area contributed by atoms with E-state index in [-0.39, 0.29) is 11.9 Å². The van der Waals surface area contributed by atoms with Gasteiger partial charge in [-0.25, -0.2) is 4.39 Å². The van der Waals surface area contributed by atoms with Gasteiger partial charge in [0.05, 0.1) is 0 Å². The summed E-state index contributed by atoms with van der Waals surface area (Å²) < 4.78 is 12.8. The molecule has 0 spiro atoms. The van der Waals surface area contributed by atoms with Gasteiger partial charge in [-0.3, -0.25) is 0 Å². The standard InChI is InChI=1S/C11H16FN/c1-8-3-6-11(12)7-10(8)5-4-9(2)13/h3,6-7,9H,4-5,13H2,1-2H3. The van der Waals surface area contributed by atoms with Crippen LogP contribution in [0.2, 0.25) is 0 Å². The largest absolute Gasteiger partial charge is 0.328 e. The lowest BCUT2D eigenvalue weighted by Gasteiger charge is -2.07. The molecular formula is C11H16FN. The van der Waals surface area contributed by atoms with E-state index in [2.05, 4.69) is 0 Å². The average molecular weight is 181 g/mol. The van der Waals surface area contributed by atoms with Crippen molar-refractivity contribution in [3.63, 3.8) is 0 Å². The van der Waals surface area contributed by atoms with Crippen LogP contribution in [-0.2, 0) is 6.42 Å². The number of benzene rings is 1. The van der Waals surface area contributed by atoms with Gasteiger partial charge in [0, 0.05) is 6.04 Å². The summed E-state index contributed by atoms with van der Waals surface area (Å²) >= 11 is 0. The fraction of sp³-hybridized carbons (Fsp3) is 0.455. The van der Waals surface area contributed by atoms with E-state index >= 15 is 0 Å². The van der Waals surface area contributed by atoms with Crippen LogP contribution in [-0.4, -0.2) is 6.04 Å². The Balaban J connectivity index is 2.70. The third-order valence-electron chi connectivity index (χ3n) is 2.18. The molecule has 13 heavy (non-hydrogen) atoms. The second kappa shape index (κ2) is 4.38. The number of hydrogen-bond acceptors (Lipinski definition) is 1. The molecule has 0 aromatic heterocycles. The van der Waals surface area contributed by atoms with Gasteiger partial charge >= 0.3 is 0 Å². The third kappa shape index (κ3) is 3.15. The summed E-state index contributed by atoms with van der Waals surface area (Å²) in [6, 6.07) is 5.08. The highest BCUT2D eigenvalue weighted by Crippen LogP contribution is 2.12. The Hall–Kier alpha value is -0.890. The first-order valence-corrected chi connectivity index (χ1v) is 4.60. The molecule has 0 aliphatic rings. The van der Waals surface area contributed by atoms with E-state index in [1.807, 2.05) is 19.9 Å². The number of hydrogen-bond donors (Lipinski definition) is 1. The molecule has 0 bridgehead atoms. The Labute approximate surface area is 78.8 Å². The van der Waals surface area contributed by atoms with Crippen LogP contribution in [0, 0.1) is 12.7 Å². The average Bonchev–Trinajstić information content (AvgIpc) is 2.06. The van der Waals surface area contributed by atoms with Crippen molar-refractivity contribution >= 4 is 0 Å². The van der Waals surface area contributed by atoms with Gasteiger partial charge in [0.25, 0.3) is 0 Å². The smallest absolute Gasteiger partial charge is 0.123 e. The third-order valence-corrected chi connectivity index (χ3v) is 2.18. The van der Waals surface area contributed by atoms with Crippen LogP contribution >= 0.6 is 0 Å².